The van der Waals surface area contributed by atoms with E-state index in [1.165, 1.54) is 0 Å². The average Bonchev–Trinajstić information content (AvgIpc) is 2.22. The summed E-state index contributed by atoms with van der Waals surface area (Å²) in [6.07, 6.45) is -5.21. The van der Waals surface area contributed by atoms with Crippen molar-refractivity contribution in [2.45, 2.75) is 19.1 Å². The maximum atomic E-state index is 13.1. The van der Waals surface area contributed by atoms with Gasteiger partial charge in [-0.1, -0.05) is 0 Å². The van der Waals surface area contributed by atoms with E-state index < -0.39 is 46.6 Å². The van der Waals surface area contributed by atoms with E-state index in [1.54, 1.807) is 0 Å². The average molecular weight is 261 g/mol. The summed E-state index contributed by atoms with van der Waals surface area (Å²) in [6.45, 7) is 0.694. The summed E-state index contributed by atoms with van der Waals surface area (Å²) in [5, 5.41) is 0. The Morgan fingerprint density at radius 3 is 1.53 bits per heavy atom. The second kappa shape index (κ2) is 4.17. The molecule has 2 N–H and O–H groups in total. The van der Waals surface area contributed by atoms with Crippen LogP contribution in [-0.2, 0) is 0 Å². The minimum Gasteiger partial charge on any atom is -0.316 e. The zero-order valence-corrected chi connectivity index (χ0v) is 8.30. The van der Waals surface area contributed by atoms with Gasteiger partial charge in [0.15, 0.2) is 23.3 Å². The Hall–Kier alpha value is -1.31. The Morgan fingerprint density at radius 2 is 1.24 bits per heavy atom. The van der Waals surface area contributed by atoms with Crippen LogP contribution in [0.5, 0.6) is 0 Å². The number of nitrogens with two attached hydrogens (primary N) is 1. The number of halogens is 7. The maximum absolute atomic E-state index is 13.1. The van der Waals surface area contributed by atoms with Crippen LogP contribution in [0, 0.1) is 30.2 Å². The van der Waals surface area contributed by atoms with E-state index in [9.17, 15) is 30.7 Å². The summed E-state index contributed by atoms with van der Waals surface area (Å²) in [7, 11) is 0. The van der Waals surface area contributed by atoms with Crippen LogP contribution < -0.4 is 5.73 Å². The van der Waals surface area contributed by atoms with Gasteiger partial charge in [-0.05, 0) is 6.92 Å². The summed E-state index contributed by atoms with van der Waals surface area (Å²) >= 11 is 0. The van der Waals surface area contributed by atoms with Crippen LogP contribution in [-0.4, -0.2) is 6.18 Å². The molecule has 1 aromatic carbocycles. The van der Waals surface area contributed by atoms with Crippen LogP contribution >= 0.6 is 0 Å². The zero-order chi connectivity index (χ0) is 13.5. The van der Waals surface area contributed by atoms with Gasteiger partial charge < -0.3 is 5.73 Å². The van der Waals surface area contributed by atoms with Gasteiger partial charge in [0.25, 0.3) is 0 Å². The van der Waals surface area contributed by atoms with Crippen molar-refractivity contribution in [2.24, 2.45) is 5.73 Å². The molecule has 0 amide bonds. The third-order valence-corrected chi connectivity index (χ3v) is 2.18. The molecule has 17 heavy (non-hydrogen) atoms. The van der Waals surface area contributed by atoms with Gasteiger partial charge in [-0.2, -0.15) is 13.2 Å². The van der Waals surface area contributed by atoms with Crippen LogP contribution in [0.3, 0.4) is 0 Å². The predicted octanol–water partition coefficient (Wildman–Crippen LogP) is 3.11. The summed E-state index contributed by atoms with van der Waals surface area (Å²) < 4.78 is 88.7. The van der Waals surface area contributed by atoms with Gasteiger partial charge in [0.2, 0.25) is 0 Å². The second-order valence-electron chi connectivity index (χ2n) is 3.31. The molecule has 0 aromatic heterocycles. The van der Waals surface area contributed by atoms with Gasteiger partial charge >= 0.3 is 6.18 Å². The largest absolute Gasteiger partial charge is 0.407 e. The highest BCUT2D eigenvalue weighted by Gasteiger charge is 2.43. The molecular weight excluding hydrogens is 255 g/mol. The van der Waals surface area contributed by atoms with E-state index >= 15 is 0 Å². The normalized spacial score (nSPS) is 13.9. The molecule has 1 atom stereocenters. The van der Waals surface area contributed by atoms with Crippen molar-refractivity contribution in [3.63, 3.8) is 0 Å². The fourth-order valence-corrected chi connectivity index (χ4v) is 1.20. The summed E-state index contributed by atoms with van der Waals surface area (Å²) in [6, 6.07) is -3.13. The van der Waals surface area contributed by atoms with Gasteiger partial charge in [-0.25, -0.2) is 17.6 Å². The lowest BCUT2D eigenvalue weighted by atomic mass is 10.0. The van der Waals surface area contributed by atoms with Crippen molar-refractivity contribution < 1.29 is 30.7 Å². The summed E-state index contributed by atoms with van der Waals surface area (Å²) in [4.78, 5) is 0. The lowest BCUT2D eigenvalue weighted by Gasteiger charge is -2.18. The summed E-state index contributed by atoms with van der Waals surface area (Å²) in [5.41, 5.74) is 1.62. The van der Waals surface area contributed by atoms with E-state index in [0.29, 0.717) is 6.92 Å². The van der Waals surface area contributed by atoms with Crippen LogP contribution in [0.2, 0.25) is 0 Å². The molecule has 0 aliphatic rings. The van der Waals surface area contributed by atoms with E-state index in [4.69, 9.17) is 0 Å². The van der Waals surface area contributed by atoms with Crippen LogP contribution in [0.25, 0.3) is 0 Å². The fraction of sp³-hybridized carbons (Fsp3) is 0.333. The van der Waals surface area contributed by atoms with E-state index in [2.05, 4.69) is 5.73 Å². The van der Waals surface area contributed by atoms with E-state index in [-0.39, 0.29) is 0 Å². The Balaban J connectivity index is 3.55. The van der Waals surface area contributed by atoms with Crippen molar-refractivity contribution in [2.75, 3.05) is 0 Å². The van der Waals surface area contributed by atoms with Gasteiger partial charge in [-0.15, -0.1) is 0 Å². The molecule has 0 spiro atoms. The maximum Gasteiger partial charge on any atom is 0.407 e. The molecule has 0 heterocycles. The van der Waals surface area contributed by atoms with Crippen molar-refractivity contribution in [3.05, 3.63) is 34.4 Å². The molecule has 1 aromatic rings. The van der Waals surface area contributed by atoms with Gasteiger partial charge in [0, 0.05) is 5.56 Å². The molecule has 0 saturated carbocycles. The minimum atomic E-state index is -5.21. The standard InChI is InChI=1S/C9H6F7N/c1-2-4(10)6(12)3(7(13)5(2)11)8(17)9(14,15)16/h8H,17H2,1H3/t8-/m0/s1. The molecular formula is C9H6F7N. The molecule has 0 unspecified atom stereocenters. The highest BCUT2D eigenvalue weighted by Crippen LogP contribution is 2.35. The molecule has 96 valence electrons. The third-order valence-electron chi connectivity index (χ3n) is 2.18. The number of hydrogen-bond donors (Lipinski definition) is 1. The smallest absolute Gasteiger partial charge is 0.316 e. The quantitative estimate of drug-likeness (QED) is 0.610. The monoisotopic (exact) mass is 261 g/mol. The van der Waals surface area contributed by atoms with Crippen molar-refractivity contribution in [1.82, 2.24) is 0 Å². The number of alkyl halides is 3. The molecule has 0 fully saturated rings. The second-order valence-corrected chi connectivity index (χ2v) is 3.31. The highest BCUT2D eigenvalue weighted by atomic mass is 19.4. The number of hydrogen-bond acceptors (Lipinski definition) is 1. The topological polar surface area (TPSA) is 26.0 Å². The molecule has 1 nitrogen and oxygen atoms in total. The van der Waals surface area contributed by atoms with Crippen molar-refractivity contribution in [3.8, 4) is 0 Å². The first kappa shape index (κ1) is 13.8. The third kappa shape index (κ3) is 2.21. The van der Waals surface area contributed by atoms with E-state index in [1.807, 2.05) is 0 Å². The first-order chi connectivity index (χ1) is 7.59. The van der Waals surface area contributed by atoms with E-state index in [0.717, 1.165) is 0 Å². The molecule has 0 bridgehead atoms. The molecule has 0 radical (unpaired) electrons. The first-order valence-electron chi connectivity index (χ1n) is 4.23. The fourth-order valence-electron chi connectivity index (χ4n) is 1.20. The molecule has 0 aliphatic carbocycles. The predicted molar refractivity (Wildman–Crippen MR) is 44.0 cm³/mol. The van der Waals surface area contributed by atoms with Crippen molar-refractivity contribution >= 4 is 0 Å². The lowest BCUT2D eigenvalue weighted by Crippen LogP contribution is -2.31. The van der Waals surface area contributed by atoms with Crippen LogP contribution in [0.1, 0.15) is 17.2 Å². The molecule has 0 saturated heterocycles. The summed E-state index contributed by atoms with van der Waals surface area (Å²) in [5.74, 6) is -8.05. The minimum absolute atomic E-state index is 0.694. The number of rotatable bonds is 1. The Labute approximate surface area is 91.0 Å². The van der Waals surface area contributed by atoms with Crippen LogP contribution in [0.15, 0.2) is 0 Å². The highest BCUT2D eigenvalue weighted by molar-refractivity contribution is 5.31. The molecule has 8 heteroatoms. The Morgan fingerprint density at radius 1 is 0.882 bits per heavy atom. The van der Waals surface area contributed by atoms with Gasteiger partial charge in [0.05, 0.1) is 5.56 Å². The van der Waals surface area contributed by atoms with Gasteiger partial charge in [0.1, 0.15) is 6.04 Å². The lowest BCUT2D eigenvalue weighted by molar-refractivity contribution is -0.150. The SMILES string of the molecule is Cc1c(F)c(F)c([C@H](N)C(F)(F)F)c(F)c1F. The number of benzene rings is 1. The molecule has 1 rings (SSSR count). The zero-order valence-electron chi connectivity index (χ0n) is 8.30. The van der Waals surface area contributed by atoms with Gasteiger partial charge in [-0.3, -0.25) is 0 Å². The molecule has 0 aliphatic heterocycles. The Kier molecular flexibility index (Phi) is 3.37. The van der Waals surface area contributed by atoms with Crippen molar-refractivity contribution in [1.29, 1.82) is 0 Å². The van der Waals surface area contributed by atoms with Crippen LogP contribution in [0.4, 0.5) is 30.7 Å². The first-order valence-corrected chi connectivity index (χ1v) is 4.23. The Bertz CT molecular complexity index is 423.